The molecule has 0 aliphatic heterocycles. The number of halogens is 1. The maximum absolute atomic E-state index is 9.49. The van der Waals surface area contributed by atoms with E-state index in [0.29, 0.717) is 5.92 Å². The minimum atomic E-state index is 0.0655. The van der Waals surface area contributed by atoms with Gasteiger partial charge in [0.25, 0.3) is 0 Å². The van der Waals surface area contributed by atoms with Crippen molar-refractivity contribution in [1.29, 1.82) is 0 Å². The lowest BCUT2D eigenvalue weighted by atomic mass is 10.0. The molecule has 6 heteroatoms. The van der Waals surface area contributed by atoms with Crippen LogP contribution in [0.15, 0.2) is 12.1 Å². The van der Waals surface area contributed by atoms with E-state index < -0.39 is 0 Å². The quantitative estimate of drug-likeness (QED) is 0.847. The molecular formula is C14H19ClN2OS2. The zero-order valence-electron chi connectivity index (χ0n) is 11.9. The molecule has 0 bridgehead atoms. The van der Waals surface area contributed by atoms with Crippen molar-refractivity contribution >= 4 is 39.4 Å². The number of anilines is 1. The highest BCUT2D eigenvalue weighted by molar-refractivity contribution is 7.16. The van der Waals surface area contributed by atoms with E-state index in [0.717, 1.165) is 33.0 Å². The first-order valence-corrected chi connectivity index (χ1v) is 8.62. The summed E-state index contributed by atoms with van der Waals surface area (Å²) >= 11 is 9.12. The van der Waals surface area contributed by atoms with Gasteiger partial charge in [0.05, 0.1) is 28.1 Å². The van der Waals surface area contributed by atoms with Gasteiger partial charge in [-0.25, -0.2) is 4.98 Å². The van der Waals surface area contributed by atoms with Crippen LogP contribution in [0.2, 0.25) is 4.34 Å². The highest BCUT2D eigenvalue weighted by Gasteiger charge is 2.17. The highest BCUT2D eigenvalue weighted by atomic mass is 35.5. The lowest BCUT2D eigenvalue weighted by Gasteiger charge is -2.14. The zero-order valence-corrected chi connectivity index (χ0v) is 14.3. The molecule has 0 aliphatic carbocycles. The first kappa shape index (κ1) is 15.8. The van der Waals surface area contributed by atoms with Gasteiger partial charge in [0, 0.05) is 11.9 Å². The number of nitrogens with zero attached hydrogens (tertiary/aromatic N) is 2. The molecule has 2 aromatic heterocycles. The molecular weight excluding hydrogens is 312 g/mol. The predicted octanol–water partition coefficient (Wildman–Crippen LogP) is 4.50. The van der Waals surface area contributed by atoms with Gasteiger partial charge in [-0.2, -0.15) is 0 Å². The maximum atomic E-state index is 9.49. The van der Waals surface area contributed by atoms with Crippen LogP contribution in [0.5, 0.6) is 0 Å². The minimum Gasteiger partial charge on any atom is -0.391 e. The molecule has 0 amide bonds. The Labute approximate surface area is 132 Å². The Kier molecular flexibility index (Phi) is 5.43. The molecule has 0 aliphatic rings. The molecule has 2 rings (SSSR count). The van der Waals surface area contributed by atoms with Crippen molar-refractivity contribution < 1.29 is 5.11 Å². The molecule has 0 saturated heterocycles. The van der Waals surface area contributed by atoms with Gasteiger partial charge in [-0.05, 0) is 24.5 Å². The number of aliphatic hydroxyl groups excluding tert-OH is 1. The highest BCUT2D eigenvalue weighted by Crippen LogP contribution is 2.33. The molecule has 1 atom stereocenters. The van der Waals surface area contributed by atoms with Gasteiger partial charge in [0.2, 0.25) is 0 Å². The van der Waals surface area contributed by atoms with Gasteiger partial charge in [-0.3, -0.25) is 0 Å². The van der Waals surface area contributed by atoms with E-state index in [-0.39, 0.29) is 6.61 Å². The average Bonchev–Trinajstić information content (AvgIpc) is 3.04. The smallest absolute Gasteiger partial charge is 0.185 e. The average molecular weight is 331 g/mol. The van der Waals surface area contributed by atoms with Gasteiger partial charge < -0.3 is 10.0 Å². The van der Waals surface area contributed by atoms with E-state index in [1.807, 2.05) is 19.2 Å². The summed E-state index contributed by atoms with van der Waals surface area (Å²) in [5, 5.41) is 10.4. The first-order chi connectivity index (χ1) is 9.55. The molecule has 2 heterocycles. The fourth-order valence-corrected chi connectivity index (χ4v) is 4.09. The third-order valence-corrected chi connectivity index (χ3v) is 5.67. The second kappa shape index (κ2) is 6.89. The molecule has 3 nitrogen and oxygen atoms in total. The monoisotopic (exact) mass is 330 g/mol. The van der Waals surface area contributed by atoms with Gasteiger partial charge in [0.1, 0.15) is 0 Å². The van der Waals surface area contributed by atoms with Crippen LogP contribution in [-0.2, 0) is 13.2 Å². The van der Waals surface area contributed by atoms with E-state index in [2.05, 4.69) is 18.7 Å². The van der Waals surface area contributed by atoms with E-state index in [9.17, 15) is 5.11 Å². The number of aliphatic hydroxyl groups is 1. The van der Waals surface area contributed by atoms with Crippen LogP contribution in [0.25, 0.3) is 0 Å². The summed E-state index contributed by atoms with van der Waals surface area (Å²) in [7, 11) is 2.02. The Morgan fingerprint density at radius 2 is 2.15 bits per heavy atom. The number of aromatic nitrogens is 1. The topological polar surface area (TPSA) is 36.4 Å². The summed E-state index contributed by atoms with van der Waals surface area (Å²) < 4.78 is 0.809. The molecule has 0 radical (unpaired) electrons. The largest absolute Gasteiger partial charge is 0.391 e. The number of hydrogen-bond donors (Lipinski definition) is 1. The summed E-state index contributed by atoms with van der Waals surface area (Å²) in [5.41, 5.74) is 1.03. The van der Waals surface area contributed by atoms with Crippen molar-refractivity contribution in [2.24, 2.45) is 0 Å². The number of hydrogen-bond acceptors (Lipinski definition) is 5. The molecule has 2 aromatic rings. The Morgan fingerprint density at radius 3 is 2.70 bits per heavy atom. The van der Waals surface area contributed by atoms with Crippen LogP contribution >= 0.6 is 34.3 Å². The van der Waals surface area contributed by atoms with Gasteiger partial charge in [-0.15, -0.1) is 11.3 Å². The van der Waals surface area contributed by atoms with Crippen LogP contribution in [-0.4, -0.2) is 17.1 Å². The van der Waals surface area contributed by atoms with Crippen LogP contribution < -0.4 is 4.90 Å². The predicted molar refractivity (Wildman–Crippen MR) is 88.2 cm³/mol. The third-order valence-electron chi connectivity index (χ3n) is 3.29. The fourth-order valence-electron chi connectivity index (χ4n) is 1.94. The van der Waals surface area contributed by atoms with E-state index in [4.69, 9.17) is 16.6 Å². The standard InChI is InChI=1S/C14H19ClN2OS2/c1-4-9(2)13-11(8-18)20-14(16-13)17(3)7-10-5-6-12(15)19-10/h5-6,9,18H,4,7-8H2,1-3H3. The molecule has 20 heavy (non-hydrogen) atoms. The van der Waals surface area contributed by atoms with Crippen molar-refractivity contribution in [2.45, 2.75) is 39.3 Å². The molecule has 1 N–H and O–H groups in total. The van der Waals surface area contributed by atoms with Crippen molar-refractivity contribution in [3.8, 4) is 0 Å². The lowest BCUT2D eigenvalue weighted by molar-refractivity contribution is 0.283. The fraction of sp³-hybridized carbons (Fsp3) is 0.500. The summed E-state index contributed by atoms with van der Waals surface area (Å²) in [4.78, 5) is 9.01. The second-order valence-electron chi connectivity index (χ2n) is 4.83. The molecule has 110 valence electrons. The summed E-state index contributed by atoms with van der Waals surface area (Å²) in [6.07, 6.45) is 1.03. The summed E-state index contributed by atoms with van der Waals surface area (Å²) in [5.74, 6) is 0.381. The van der Waals surface area contributed by atoms with Gasteiger partial charge in [0.15, 0.2) is 5.13 Å². The molecule has 0 aromatic carbocycles. The van der Waals surface area contributed by atoms with E-state index >= 15 is 0 Å². The first-order valence-electron chi connectivity index (χ1n) is 6.61. The molecule has 0 saturated carbocycles. The Hall–Kier alpha value is -0.620. The molecule has 1 unspecified atom stereocenters. The second-order valence-corrected chi connectivity index (χ2v) is 7.70. The summed E-state index contributed by atoms with van der Waals surface area (Å²) in [6.45, 7) is 5.14. The van der Waals surface area contributed by atoms with Gasteiger partial charge >= 0.3 is 0 Å². The normalized spacial score (nSPS) is 12.7. The molecule has 0 spiro atoms. The van der Waals surface area contributed by atoms with Crippen molar-refractivity contribution in [1.82, 2.24) is 4.98 Å². The van der Waals surface area contributed by atoms with Crippen LogP contribution in [0.3, 0.4) is 0 Å². The van der Waals surface area contributed by atoms with Crippen molar-refractivity contribution in [2.75, 3.05) is 11.9 Å². The minimum absolute atomic E-state index is 0.0655. The Morgan fingerprint density at radius 1 is 1.40 bits per heavy atom. The van der Waals surface area contributed by atoms with Crippen LogP contribution in [0.4, 0.5) is 5.13 Å². The molecule has 0 fully saturated rings. The third kappa shape index (κ3) is 3.52. The van der Waals surface area contributed by atoms with Crippen molar-refractivity contribution in [3.05, 3.63) is 31.9 Å². The number of thiophene rings is 1. The Bertz CT molecular complexity index is 567. The Balaban J connectivity index is 2.17. The summed E-state index contributed by atoms with van der Waals surface area (Å²) in [6, 6.07) is 3.96. The van der Waals surface area contributed by atoms with Crippen LogP contribution in [0.1, 0.15) is 41.6 Å². The number of rotatable bonds is 6. The zero-order chi connectivity index (χ0) is 14.7. The number of thiazole rings is 1. The van der Waals surface area contributed by atoms with Gasteiger partial charge in [-0.1, -0.05) is 36.8 Å². The maximum Gasteiger partial charge on any atom is 0.185 e. The lowest BCUT2D eigenvalue weighted by Crippen LogP contribution is -2.15. The van der Waals surface area contributed by atoms with E-state index in [1.54, 1.807) is 22.7 Å². The van der Waals surface area contributed by atoms with E-state index in [1.165, 1.54) is 4.88 Å². The van der Waals surface area contributed by atoms with Crippen molar-refractivity contribution in [3.63, 3.8) is 0 Å². The SMILES string of the molecule is CCC(C)c1nc(N(C)Cc2ccc(Cl)s2)sc1CO. The van der Waals surface area contributed by atoms with Crippen LogP contribution in [0, 0.1) is 0 Å².